The van der Waals surface area contributed by atoms with Gasteiger partial charge in [0.15, 0.2) is 5.96 Å². The van der Waals surface area contributed by atoms with Crippen LogP contribution in [-0.2, 0) is 13.6 Å². The summed E-state index contributed by atoms with van der Waals surface area (Å²) in [5, 5.41) is 8.49. The molecule has 1 aromatic carbocycles. The number of guanidine groups is 1. The zero-order valence-corrected chi connectivity index (χ0v) is 16.6. The second-order valence-corrected chi connectivity index (χ2v) is 7.34. The third kappa shape index (κ3) is 3.61. The fourth-order valence-electron chi connectivity index (χ4n) is 3.84. The molecule has 0 aliphatic carbocycles. The maximum Gasteiger partial charge on any atom is 0.194 e. The Morgan fingerprint density at radius 3 is 3.04 bits per heavy atom. The van der Waals surface area contributed by atoms with Crippen molar-refractivity contribution in [1.82, 2.24) is 20.0 Å². The Balaban J connectivity index is 1.52. The quantitative estimate of drug-likeness (QED) is 0.553. The number of furan rings is 1. The lowest BCUT2D eigenvalue weighted by Gasteiger charge is -2.21. The largest absolute Gasteiger partial charge is 0.459 e. The van der Waals surface area contributed by atoms with E-state index in [9.17, 15) is 4.39 Å². The maximum atomic E-state index is 13.5. The number of aliphatic imine (C=N–C) groups is 1. The molecule has 0 bridgehead atoms. The van der Waals surface area contributed by atoms with Crippen molar-refractivity contribution in [3.63, 3.8) is 0 Å². The van der Waals surface area contributed by atoms with Crippen LogP contribution in [0.4, 0.5) is 4.39 Å². The van der Waals surface area contributed by atoms with Gasteiger partial charge in [0.25, 0.3) is 0 Å². The predicted molar refractivity (Wildman–Crippen MR) is 108 cm³/mol. The van der Waals surface area contributed by atoms with E-state index in [1.54, 1.807) is 6.07 Å². The van der Waals surface area contributed by atoms with Gasteiger partial charge in [-0.25, -0.2) is 9.38 Å². The van der Waals surface area contributed by atoms with E-state index in [4.69, 9.17) is 9.41 Å². The van der Waals surface area contributed by atoms with Gasteiger partial charge in [0, 0.05) is 49.7 Å². The molecule has 1 aliphatic rings. The van der Waals surface area contributed by atoms with Crippen LogP contribution < -0.4 is 5.32 Å². The van der Waals surface area contributed by atoms with Crippen LogP contribution in [0.3, 0.4) is 0 Å². The molecule has 0 radical (unpaired) electrons. The number of hydrogen-bond donors (Lipinski definition) is 1. The Morgan fingerprint density at radius 1 is 1.43 bits per heavy atom. The van der Waals surface area contributed by atoms with Gasteiger partial charge < -0.3 is 14.6 Å². The average Bonchev–Trinajstić information content (AvgIpc) is 3.39. The Hall–Kier alpha value is -2.83. The van der Waals surface area contributed by atoms with E-state index in [1.807, 2.05) is 24.9 Å². The Labute approximate surface area is 164 Å². The molecule has 148 valence electrons. The normalized spacial score (nSPS) is 17.6. The lowest BCUT2D eigenvalue weighted by molar-refractivity contribution is 0.481. The summed E-state index contributed by atoms with van der Waals surface area (Å²) in [5.74, 6) is 1.88. The number of aromatic nitrogens is 2. The molecule has 0 amide bonds. The molecule has 28 heavy (non-hydrogen) atoms. The number of aryl methyl sites for hydroxylation is 2. The van der Waals surface area contributed by atoms with Gasteiger partial charge in [-0.05, 0) is 44.0 Å². The summed E-state index contributed by atoms with van der Waals surface area (Å²) in [6.07, 6.45) is 5.13. The van der Waals surface area contributed by atoms with Gasteiger partial charge in [-0.1, -0.05) is 0 Å². The van der Waals surface area contributed by atoms with E-state index >= 15 is 0 Å². The highest BCUT2D eigenvalue weighted by Gasteiger charge is 2.27. The van der Waals surface area contributed by atoms with E-state index in [0.717, 1.165) is 48.7 Å². The molecular formula is C21H26FN5O. The van der Waals surface area contributed by atoms with E-state index in [-0.39, 0.29) is 5.82 Å². The molecule has 1 fully saturated rings. The molecule has 0 saturated carbocycles. The number of halogens is 1. The minimum atomic E-state index is -0.252. The van der Waals surface area contributed by atoms with Crippen LogP contribution in [0, 0.1) is 12.7 Å². The molecule has 1 aliphatic heterocycles. The molecule has 1 N–H and O–H groups in total. The number of rotatable bonds is 4. The van der Waals surface area contributed by atoms with Gasteiger partial charge in [-0.2, -0.15) is 5.10 Å². The van der Waals surface area contributed by atoms with E-state index in [0.29, 0.717) is 18.0 Å². The lowest BCUT2D eigenvalue weighted by Crippen LogP contribution is -2.40. The van der Waals surface area contributed by atoms with Crippen LogP contribution >= 0.6 is 0 Å². The summed E-state index contributed by atoms with van der Waals surface area (Å²) in [7, 11) is 1.95. The van der Waals surface area contributed by atoms with Crippen molar-refractivity contribution >= 4 is 16.9 Å². The van der Waals surface area contributed by atoms with Crippen molar-refractivity contribution in [1.29, 1.82) is 0 Å². The molecular weight excluding hydrogens is 357 g/mol. The Bertz CT molecular complexity index is 1010. The van der Waals surface area contributed by atoms with E-state index in [2.05, 4.69) is 28.4 Å². The molecule has 1 unspecified atom stereocenters. The molecule has 7 heteroatoms. The second-order valence-electron chi connectivity index (χ2n) is 7.34. The van der Waals surface area contributed by atoms with Crippen molar-refractivity contribution in [2.45, 2.75) is 32.7 Å². The minimum Gasteiger partial charge on any atom is -0.459 e. The van der Waals surface area contributed by atoms with Crippen LogP contribution in [0.1, 0.15) is 36.1 Å². The number of benzene rings is 1. The van der Waals surface area contributed by atoms with Gasteiger partial charge in [-0.15, -0.1) is 0 Å². The highest BCUT2D eigenvalue weighted by molar-refractivity contribution is 5.83. The zero-order valence-electron chi connectivity index (χ0n) is 16.6. The second kappa shape index (κ2) is 7.66. The molecule has 1 saturated heterocycles. The first kappa shape index (κ1) is 18.5. The number of nitrogens with zero attached hydrogens (tertiary/aromatic N) is 4. The molecule has 3 heterocycles. The van der Waals surface area contributed by atoms with E-state index < -0.39 is 0 Å². The van der Waals surface area contributed by atoms with Crippen molar-refractivity contribution in [3.8, 4) is 0 Å². The topological polar surface area (TPSA) is 58.6 Å². The standard InChI is InChI=1S/C21H26FN5O/c1-4-23-21(27-8-7-15(13-27)16-10-25-26(3)12-16)24-11-20-14(2)18-9-17(22)5-6-19(18)28-20/h5-6,9-10,12,15H,4,7-8,11,13H2,1-3H3,(H,23,24). The van der Waals surface area contributed by atoms with Crippen molar-refractivity contribution in [3.05, 3.63) is 53.3 Å². The van der Waals surface area contributed by atoms with Crippen LogP contribution in [0.5, 0.6) is 0 Å². The van der Waals surface area contributed by atoms with Gasteiger partial charge >= 0.3 is 0 Å². The summed E-state index contributed by atoms with van der Waals surface area (Å²) < 4.78 is 21.3. The Morgan fingerprint density at radius 2 is 2.29 bits per heavy atom. The van der Waals surface area contributed by atoms with Crippen molar-refractivity contribution in [2.24, 2.45) is 12.0 Å². The minimum absolute atomic E-state index is 0.252. The maximum absolute atomic E-state index is 13.5. The van der Waals surface area contributed by atoms with Gasteiger partial charge in [0.2, 0.25) is 0 Å². The molecule has 0 spiro atoms. The number of nitrogens with one attached hydrogen (secondary N) is 1. The monoisotopic (exact) mass is 383 g/mol. The molecule has 2 aromatic heterocycles. The van der Waals surface area contributed by atoms with Gasteiger partial charge in [-0.3, -0.25) is 4.68 Å². The number of hydrogen-bond acceptors (Lipinski definition) is 3. The van der Waals surface area contributed by atoms with E-state index in [1.165, 1.54) is 17.7 Å². The van der Waals surface area contributed by atoms with Crippen LogP contribution in [0.2, 0.25) is 0 Å². The summed E-state index contributed by atoms with van der Waals surface area (Å²) >= 11 is 0. The van der Waals surface area contributed by atoms with Gasteiger partial charge in [0.1, 0.15) is 23.7 Å². The third-order valence-electron chi connectivity index (χ3n) is 5.39. The zero-order chi connectivity index (χ0) is 19.7. The number of likely N-dealkylation sites (tertiary alicyclic amines) is 1. The summed E-state index contributed by atoms with van der Waals surface area (Å²) in [6.45, 7) is 7.13. The van der Waals surface area contributed by atoms with Crippen molar-refractivity contribution < 1.29 is 8.81 Å². The number of fused-ring (bicyclic) bond motifs is 1. The Kier molecular flexibility index (Phi) is 5.07. The molecule has 6 nitrogen and oxygen atoms in total. The molecule has 1 atom stereocenters. The molecule has 3 aromatic rings. The lowest BCUT2D eigenvalue weighted by atomic mass is 10.0. The van der Waals surface area contributed by atoms with Crippen LogP contribution in [0.25, 0.3) is 11.0 Å². The average molecular weight is 383 g/mol. The first-order valence-electron chi connectivity index (χ1n) is 9.74. The molecule has 4 rings (SSSR count). The SMILES string of the molecule is CCNC(=NCc1oc2ccc(F)cc2c1C)N1CCC(c2cnn(C)c2)C1. The first-order valence-corrected chi connectivity index (χ1v) is 9.74. The van der Waals surface area contributed by atoms with Gasteiger partial charge in [0.05, 0.1) is 6.20 Å². The smallest absolute Gasteiger partial charge is 0.194 e. The van der Waals surface area contributed by atoms with Crippen LogP contribution in [-0.4, -0.2) is 40.3 Å². The summed E-state index contributed by atoms with van der Waals surface area (Å²) in [5.41, 5.74) is 2.92. The predicted octanol–water partition coefficient (Wildman–Crippen LogP) is 3.57. The third-order valence-corrected chi connectivity index (χ3v) is 5.39. The van der Waals surface area contributed by atoms with Crippen molar-refractivity contribution in [2.75, 3.05) is 19.6 Å². The highest BCUT2D eigenvalue weighted by Crippen LogP contribution is 2.28. The summed E-state index contributed by atoms with van der Waals surface area (Å²) in [6, 6.07) is 4.62. The summed E-state index contributed by atoms with van der Waals surface area (Å²) in [4.78, 5) is 7.09. The first-order chi connectivity index (χ1) is 13.5. The highest BCUT2D eigenvalue weighted by atomic mass is 19.1. The fraction of sp³-hybridized carbons (Fsp3) is 0.429. The fourth-order valence-corrected chi connectivity index (χ4v) is 3.84. The van der Waals surface area contributed by atoms with Crippen LogP contribution in [0.15, 0.2) is 40.0 Å².